The van der Waals surface area contributed by atoms with Crippen LogP contribution < -0.4 is 11.1 Å². The summed E-state index contributed by atoms with van der Waals surface area (Å²) in [4.78, 5) is 19.8. The number of halogens is 1. The number of carbonyl (C=O) groups excluding carboxylic acids is 1. The van der Waals surface area contributed by atoms with Gasteiger partial charge in [-0.05, 0) is 25.8 Å². The van der Waals surface area contributed by atoms with E-state index in [0.717, 1.165) is 32.5 Å². The van der Waals surface area contributed by atoms with Crippen LogP contribution in [0.5, 0.6) is 0 Å². The predicted octanol–water partition coefficient (Wildman–Crippen LogP) is 1.95. The number of amides is 1. The van der Waals surface area contributed by atoms with Gasteiger partial charge in [-0.2, -0.15) is 0 Å². The van der Waals surface area contributed by atoms with Crippen molar-refractivity contribution in [2.24, 2.45) is 5.73 Å². The number of rotatable bonds is 7. The average Bonchev–Trinajstić information content (AvgIpc) is 2.94. The average molecular weight is 347 g/mol. The second kappa shape index (κ2) is 10.2. The molecule has 0 aromatic carbocycles. The minimum Gasteiger partial charge on any atom is -0.354 e. The first kappa shape index (κ1) is 19.4. The number of carbonyl (C=O) groups is 1. The molecule has 1 aliphatic rings. The van der Waals surface area contributed by atoms with Crippen molar-refractivity contribution in [1.82, 2.24) is 15.2 Å². The molecule has 1 aromatic heterocycles. The minimum absolute atomic E-state index is 0. The summed E-state index contributed by atoms with van der Waals surface area (Å²) in [5, 5.41) is 4.22. The summed E-state index contributed by atoms with van der Waals surface area (Å²) >= 11 is 1.80. The lowest BCUT2D eigenvalue weighted by Gasteiger charge is -2.35. The Hall–Kier alpha value is -0.690. The molecule has 0 bridgehead atoms. The van der Waals surface area contributed by atoms with E-state index in [1.165, 1.54) is 22.7 Å². The number of aromatic nitrogens is 1. The van der Waals surface area contributed by atoms with Crippen molar-refractivity contribution in [3.8, 4) is 0 Å². The third kappa shape index (κ3) is 5.83. The summed E-state index contributed by atoms with van der Waals surface area (Å²) in [7, 11) is 0. The molecule has 0 radical (unpaired) electrons. The molecule has 1 atom stereocenters. The Bertz CT molecular complexity index is 455. The Morgan fingerprint density at radius 1 is 1.55 bits per heavy atom. The van der Waals surface area contributed by atoms with Crippen molar-refractivity contribution in [2.75, 3.05) is 19.6 Å². The molecule has 1 saturated heterocycles. The van der Waals surface area contributed by atoms with Gasteiger partial charge in [-0.3, -0.25) is 9.69 Å². The smallest absolute Gasteiger partial charge is 0.221 e. The van der Waals surface area contributed by atoms with Crippen molar-refractivity contribution < 1.29 is 4.79 Å². The van der Waals surface area contributed by atoms with Gasteiger partial charge in [0.2, 0.25) is 5.91 Å². The molecule has 0 aliphatic carbocycles. The van der Waals surface area contributed by atoms with Gasteiger partial charge in [0.05, 0.1) is 5.01 Å². The zero-order valence-electron chi connectivity index (χ0n) is 13.2. The lowest BCUT2D eigenvalue weighted by atomic mass is 10.0. The minimum atomic E-state index is 0. The number of likely N-dealkylation sites (tertiary alicyclic amines) is 1. The first-order valence-electron chi connectivity index (χ1n) is 7.87. The number of nitrogens with one attached hydrogen (secondary N) is 1. The van der Waals surface area contributed by atoms with E-state index >= 15 is 0 Å². The molecule has 3 N–H and O–H groups in total. The van der Waals surface area contributed by atoms with Gasteiger partial charge in [0.1, 0.15) is 0 Å². The molecule has 22 heavy (non-hydrogen) atoms. The molecule has 1 aromatic rings. The molecule has 1 aliphatic heterocycles. The van der Waals surface area contributed by atoms with Crippen LogP contribution in [0, 0.1) is 0 Å². The van der Waals surface area contributed by atoms with E-state index in [1.54, 1.807) is 11.3 Å². The van der Waals surface area contributed by atoms with Crippen LogP contribution in [-0.4, -0.2) is 41.5 Å². The number of thiazole rings is 1. The highest BCUT2D eigenvalue weighted by molar-refractivity contribution is 7.11. The fourth-order valence-corrected chi connectivity index (χ4v) is 3.62. The number of aryl methyl sites for hydroxylation is 1. The number of hydrogen-bond donors (Lipinski definition) is 2. The molecule has 0 saturated carbocycles. The zero-order chi connectivity index (χ0) is 15.1. The molecule has 1 amide bonds. The van der Waals surface area contributed by atoms with Crippen LogP contribution in [0.15, 0.2) is 6.20 Å². The molecule has 7 heteroatoms. The summed E-state index contributed by atoms with van der Waals surface area (Å²) in [5.41, 5.74) is 5.41. The quantitative estimate of drug-likeness (QED) is 0.791. The molecular formula is C15H27ClN4OS. The van der Waals surface area contributed by atoms with Crippen LogP contribution in [0.25, 0.3) is 0 Å². The fraction of sp³-hybridized carbons (Fsp3) is 0.733. The van der Waals surface area contributed by atoms with Crippen LogP contribution in [0.2, 0.25) is 0 Å². The predicted molar refractivity (Wildman–Crippen MR) is 93.5 cm³/mol. The van der Waals surface area contributed by atoms with E-state index in [9.17, 15) is 4.79 Å². The highest BCUT2D eigenvalue weighted by Crippen LogP contribution is 2.22. The van der Waals surface area contributed by atoms with E-state index in [0.29, 0.717) is 19.0 Å². The van der Waals surface area contributed by atoms with Gasteiger partial charge in [0.15, 0.2) is 0 Å². The lowest BCUT2D eigenvalue weighted by molar-refractivity contribution is -0.121. The molecule has 126 valence electrons. The number of nitrogens with two attached hydrogens (primary N) is 1. The summed E-state index contributed by atoms with van der Waals surface area (Å²) in [6.07, 6.45) is 7.07. The van der Waals surface area contributed by atoms with Crippen molar-refractivity contribution in [1.29, 1.82) is 0 Å². The molecule has 0 spiro atoms. The zero-order valence-corrected chi connectivity index (χ0v) is 14.8. The second-order valence-corrected chi connectivity index (χ2v) is 6.74. The SMILES string of the molecule is CCc1ncc(CN2CCCCC2CNC(=O)CCN)s1.Cl. The molecule has 2 rings (SSSR count). The molecule has 1 fully saturated rings. The maximum atomic E-state index is 11.6. The Morgan fingerprint density at radius 2 is 2.36 bits per heavy atom. The van der Waals surface area contributed by atoms with Gasteiger partial charge < -0.3 is 11.1 Å². The van der Waals surface area contributed by atoms with Crippen LogP contribution in [-0.2, 0) is 17.8 Å². The largest absolute Gasteiger partial charge is 0.354 e. The van der Waals surface area contributed by atoms with Gasteiger partial charge in [0, 0.05) is 43.2 Å². The third-order valence-electron chi connectivity index (χ3n) is 3.92. The molecule has 2 heterocycles. The van der Waals surface area contributed by atoms with Gasteiger partial charge in [-0.1, -0.05) is 13.3 Å². The monoisotopic (exact) mass is 346 g/mol. The summed E-state index contributed by atoms with van der Waals surface area (Å²) in [6, 6.07) is 0.438. The van der Waals surface area contributed by atoms with Gasteiger partial charge >= 0.3 is 0 Å². The maximum Gasteiger partial charge on any atom is 0.221 e. The van der Waals surface area contributed by atoms with E-state index in [2.05, 4.69) is 22.1 Å². The normalized spacial score (nSPS) is 18.7. The highest BCUT2D eigenvalue weighted by Gasteiger charge is 2.23. The highest BCUT2D eigenvalue weighted by atomic mass is 35.5. The Balaban J connectivity index is 0.00000242. The summed E-state index contributed by atoms with van der Waals surface area (Å²) < 4.78 is 0. The van der Waals surface area contributed by atoms with Crippen LogP contribution in [0.3, 0.4) is 0 Å². The van der Waals surface area contributed by atoms with E-state index in [1.807, 2.05) is 6.20 Å². The lowest BCUT2D eigenvalue weighted by Crippen LogP contribution is -2.46. The first-order chi connectivity index (χ1) is 10.2. The van der Waals surface area contributed by atoms with E-state index < -0.39 is 0 Å². The van der Waals surface area contributed by atoms with E-state index in [4.69, 9.17) is 5.73 Å². The van der Waals surface area contributed by atoms with Crippen LogP contribution in [0.4, 0.5) is 0 Å². The molecule has 5 nitrogen and oxygen atoms in total. The topological polar surface area (TPSA) is 71.2 Å². The fourth-order valence-electron chi connectivity index (χ4n) is 2.74. The van der Waals surface area contributed by atoms with Crippen molar-refractivity contribution >= 4 is 29.7 Å². The van der Waals surface area contributed by atoms with Crippen LogP contribution >= 0.6 is 23.7 Å². The van der Waals surface area contributed by atoms with Crippen molar-refractivity contribution in [2.45, 2.75) is 51.6 Å². The number of hydrogen-bond acceptors (Lipinski definition) is 5. The second-order valence-electron chi connectivity index (χ2n) is 5.54. The molecular weight excluding hydrogens is 320 g/mol. The van der Waals surface area contributed by atoms with Crippen molar-refractivity contribution in [3.05, 3.63) is 16.1 Å². The summed E-state index contributed by atoms with van der Waals surface area (Å²) in [6.45, 7) is 5.35. The Morgan fingerprint density at radius 3 is 3.05 bits per heavy atom. The van der Waals surface area contributed by atoms with Gasteiger partial charge in [-0.25, -0.2) is 4.98 Å². The number of nitrogens with zero attached hydrogens (tertiary/aromatic N) is 2. The Labute approximate surface area is 143 Å². The van der Waals surface area contributed by atoms with Crippen LogP contribution in [0.1, 0.15) is 42.5 Å². The van der Waals surface area contributed by atoms with Crippen molar-refractivity contribution in [3.63, 3.8) is 0 Å². The van der Waals surface area contributed by atoms with E-state index in [-0.39, 0.29) is 18.3 Å². The third-order valence-corrected chi connectivity index (χ3v) is 5.04. The maximum absolute atomic E-state index is 11.6. The Kier molecular flexibility index (Phi) is 8.93. The summed E-state index contributed by atoms with van der Waals surface area (Å²) in [5.74, 6) is 0.0640. The van der Waals surface area contributed by atoms with Gasteiger partial charge in [0.25, 0.3) is 0 Å². The first-order valence-corrected chi connectivity index (χ1v) is 8.69. The van der Waals surface area contributed by atoms with Gasteiger partial charge in [-0.15, -0.1) is 23.7 Å². The number of piperidine rings is 1. The standard InChI is InChI=1S/C15H26N4OS.ClH/c1-2-15-18-10-13(21-15)11-19-8-4-3-5-12(19)9-17-14(20)6-7-16;/h10,12H,2-9,11,16H2,1H3,(H,17,20);1H. The molecule has 1 unspecified atom stereocenters.